The van der Waals surface area contributed by atoms with Crippen LogP contribution < -0.4 is 10.6 Å². The second kappa shape index (κ2) is 7.19. The van der Waals surface area contributed by atoms with Gasteiger partial charge in [0, 0.05) is 22.5 Å². The lowest BCUT2D eigenvalue weighted by Crippen LogP contribution is -2.39. The number of ether oxygens (including phenoxy) is 1. The molecule has 2 aromatic rings. The Balaban J connectivity index is 1.54. The molecule has 1 aromatic carbocycles. The smallest absolute Gasteiger partial charge is 0.407 e. The van der Waals surface area contributed by atoms with Crippen LogP contribution in [0.15, 0.2) is 28.7 Å². The predicted octanol–water partition coefficient (Wildman–Crippen LogP) is 4.26. The van der Waals surface area contributed by atoms with Crippen LogP contribution in [0.5, 0.6) is 0 Å². The SMILES string of the molecule is CC(C)(C)OC(=O)NC1CCC(NC(=O)c2cc3cc(Cl)ccc3o2)C1. The third kappa shape index (κ3) is 4.69. The fraction of sp³-hybridized carbons (Fsp3) is 0.474. The summed E-state index contributed by atoms with van der Waals surface area (Å²) < 4.78 is 10.8. The van der Waals surface area contributed by atoms with E-state index in [9.17, 15) is 9.59 Å². The number of hydrogen-bond donors (Lipinski definition) is 2. The average molecular weight is 379 g/mol. The molecule has 7 heteroatoms. The highest BCUT2D eigenvalue weighted by molar-refractivity contribution is 6.31. The minimum atomic E-state index is -0.527. The maximum Gasteiger partial charge on any atom is 0.407 e. The first-order chi connectivity index (χ1) is 12.2. The van der Waals surface area contributed by atoms with Gasteiger partial charge in [-0.05, 0) is 64.3 Å². The van der Waals surface area contributed by atoms with Crippen LogP contribution >= 0.6 is 11.6 Å². The fourth-order valence-corrected chi connectivity index (χ4v) is 3.28. The van der Waals surface area contributed by atoms with Gasteiger partial charge in [0.1, 0.15) is 11.2 Å². The molecule has 0 spiro atoms. The molecule has 0 bridgehead atoms. The molecule has 1 aliphatic carbocycles. The Bertz CT molecular complexity index is 825. The van der Waals surface area contributed by atoms with E-state index in [1.54, 1.807) is 24.3 Å². The van der Waals surface area contributed by atoms with Crippen molar-refractivity contribution in [3.63, 3.8) is 0 Å². The lowest BCUT2D eigenvalue weighted by atomic mass is 10.2. The summed E-state index contributed by atoms with van der Waals surface area (Å²) in [6.07, 6.45) is 1.82. The van der Waals surface area contributed by atoms with Crippen molar-refractivity contribution >= 4 is 34.6 Å². The molecule has 2 N–H and O–H groups in total. The standard InChI is InChI=1S/C19H23ClN2O4/c1-19(2,3)26-18(24)22-14-6-5-13(10-14)21-17(23)16-9-11-8-12(20)4-7-15(11)25-16/h4,7-9,13-14H,5-6,10H2,1-3H3,(H,21,23)(H,22,24). The Hall–Kier alpha value is -2.21. The van der Waals surface area contributed by atoms with E-state index in [4.69, 9.17) is 20.8 Å². The number of carbonyl (C=O) groups is 2. The topological polar surface area (TPSA) is 80.6 Å². The number of halogens is 1. The zero-order chi connectivity index (χ0) is 18.9. The Morgan fingerprint density at radius 2 is 1.85 bits per heavy atom. The zero-order valence-electron chi connectivity index (χ0n) is 15.1. The summed E-state index contributed by atoms with van der Waals surface area (Å²) in [7, 11) is 0. The average Bonchev–Trinajstić information content (AvgIpc) is 3.11. The van der Waals surface area contributed by atoms with Crippen LogP contribution in [0.2, 0.25) is 5.02 Å². The summed E-state index contributed by atoms with van der Waals surface area (Å²) in [4.78, 5) is 24.3. The Morgan fingerprint density at radius 1 is 1.15 bits per heavy atom. The highest BCUT2D eigenvalue weighted by Gasteiger charge is 2.29. The quantitative estimate of drug-likeness (QED) is 0.836. The van der Waals surface area contributed by atoms with Crippen molar-refractivity contribution in [3.05, 3.63) is 35.0 Å². The van der Waals surface area contributed by atoms with Crippen LogP contribution in [-0.4, -0.2) is 29.7 Å². The summed E-state index contributed by atoms with van der Waals surface area (Å²) >= 11 is 5.96. The van der Waals surface area contributed by atoms with E-state index in [0.717, 1.165) is 18.2 Å². The van der Waals surface area contributed by atoms with Crippen molar-refractivity contribution in [2.45, 2.75) is 57.7 Å². The summed E-state index contributed by atoms with van der Waals surface area (Å²) in [6.45, 7) is 5.47. The van der Waals surface area contributed by atoms with Crippen molar-refractivity contribution in [2.75, 3.05) is 0 Å². The van der Waals surface area contributed by atoms with E-state index in [0.29, 0.717) is 17.0 Å². The molecule has 0 aliphatic heterocycles. The van der Waals surface area contributed by atoms with E-state index < -0.39 is 11.7 Å². The molecule has 140 valence electrons. The highest BCUT2D eigenvalue weighted by Crippen LogP contribution is 2.24. The van der Waals surface area contributed by atoms with Crippen LogP contribution in [-0.2, 0) is 4.74 Å². The fourth-order valence-electron chi connectivity index (χ4n) is 3.10. The van der Waals surface area contributed by atoms with Crippen LogP contribution in [0.4, 0.5) is 4.79 Å². The molecular weight excluding hydrogens is 356 g/mol. The van der Waals surface area contributed by atoms with Crippen molar-refractivity contribution in [1.82, 2.24) is 10.6 Å². The predicted molar refractivity (Wildman–Crippen MR) is 99.5 cm³/mol. The molecular formula is C19H23ClN2O4. The van der Waals surface area contributed by atoms with Crippen molar-refractivity contribution in [2.24, 2.45) is 0 Å². The van der Waals surface area contributed by atoms with E-state index in [1.165, 1.54) is 0 Å². The number of nitrogens with one attached hydrogen (secondary N) is 2. The van der Waals surface area contributed by atoms with Gasteiger partial charge in [0.25, 0.3) is 5.91 Å². The maximum atomic E-state index is 12.4. The lowest BCUT2D eigenvalue weighted by molar-refractivity contribution is 0.0505. The molecule has 1 saturated carbocycles. The van der Waals surface area contributed by atoms with Gasteiger partial charge in [-0.2, -0.15) is 0 Å². The lowest BCUT2D eigenvalue weighted by Gasteiger charge is -2.21. The second-order valence-electron chi connectivity index (χ2n) is 7.62. The van der Waals surface area contributed by atoms with E-state index in [-0.39, 0.29) is 23.8 Å². The van der Waals surface area contributed by atoms with E-state index >= 15 is 0 Å². The van der Waals surface area contributed by atoms with Gasteiger partial charge in [0.15, 0.2) is 5.76 Å². The van der Waals surface area contributed by atoms with Crippen molar-refractivity contribution in [3.8, 4) is 0 Å². The summed E-state index contributed by atoms with van der Waals surface area (Å²) in [5, 5.41) is 7.20. The number of carbonyl (C=O) groups excluding carboxylic acids is 2. The zero-order valence-corrected chi connectivity index (χ0v) is 15.9. The Labute approximate surface area is 157 Å². The van der Waals surface area contributed by atoms with Crippen LogP contribution in [0.1, 0.15) is 50.6 Å². The number of rotatable bonds is 3. The van der Waals surface area contributed by atoms with Crippen LogP contribution in [0, 0.1) is 0 Å². The van der Waals surface area contributed by atoms with E-state index in [2.05, 4.69) is 10.6 Å². The van der Waals surface area contributed by atoms with Gasteiger partial charge in [0.2, 0.25) is 0 Å². The normalized spacial score (nSPS) is 20.2. The maximum absolute atomic E-state index is 12.4. The molecule has 2 atom stereocenters. The molecule has 6 nitrogen and oxygen atoms in total. The molecule has 26 heavy (non-hydrogen) atoms. The summed E-state index contributed by atoms with van der Waals surface area (Å²) in [6, 6.07) is 6.88. The van der Waals surface area contributed by atoms with Gasteiger partial charge in [-0.3, -0.25) is 4.79 Å². The first-order valence-electron chi connectivity index (χ1n) is 8.69. The molecule has 3 rings (SSSR count). The summed E-state index contributed by atoms with van der Waals surface area (Å²) in [5.74, 6) is -0.00828. The molecule has 0 radical (unpaired) electrons. The monoisotopic (exact) mass is 378 g/mol. The molecule has 2 amide bonds. The minimum absolute atomic E-state index is 0.00960. The Kier molecular flexibility index (Phi) is 5.14. The van der Waals surface area contributed by atoms with Crippen molar-refractivity contribution in [1.29, 1.82) is 0 Å². The van der Waals surface area contributed by atoms with Gasteiger partial charge < -0.3 is 19.8 Å². The van der Waals surface area contributed by atoms with Crippen molar-refractivity contribution < 1.29 is 18.7 Å². The molecule has 0 saturated heterocycles. The minimum Gasteiger partial charge on any atom is -0.451 e. The molecule has 1 aliphatic rings. The molecule has 1 fully saturated rings. The van der Waals surface area contributed by atoms with Crippen LogP contribution in [0.25, 0.3) is 11.0 Å². The highest BCUT2D eigenvalue weighted by atomic mass is 35.5. The van der Waals surface area contributed by atoms with Gasteiger partial charge in [-0.25, -0.2) is 4.79 Å². The van der Waals surface area contributed by atoms with Gasteiger partial charge in [-0.1, -0.05) is 11.6 Å². The largest absolute Gasteiger partial charge is 0.451 e. The summed E-state index contributed by atoms with van der Waals surface area (Å²) in [5.41, 5.74) is 0.0935. The third-order valence-corrected chi connectivity index (χ3v) is 4.43. The number of fused-ring (bicyclic) bond motifs is 1. The number of alkyl carbamates (subject to hydrolysis) is 1. The number of amides is 2. The molecule has 1 aromatic heterocycles. The van der Waals surface area contributed by atoms with Gasteiger partial charge in [0.05, 0.1) is 0 Å². The van der Waals surface area contributed by atoms with Gasteiger partial charge >= 0.3 is 6.09 Å². The first-order valence-corrected chi connectivity index (χ1v) is 9.07. The molecule has 2 unspecified atom stereocenters. The van der Waals surface area contributed by atoms with E-state index in [1.807, 2.05) is 20.8 Å². The second-order valence-corrected chi connectivity index (χ2v) is 8.06. The number of furan rings is 1. The first kappa shape index (κ1) is 18.6. The Morgan fingerprint density at radius 3 is 2.54 bits per heavy atom. The van der Waals surface area contributed by atoms with Crippen LogP contribution in [0.3, 0.4) is 0 Å². The number of benzene rings is 1. The van der Waals surface area contributed by atoms with Gasteiger partial charge in [-0.15, -0.1) is 0 Å². The third-order valence-electron chi connectivity index (χ3n) is 4.19. The number of hydrogen-bond acceptors (Lipinski definition) is 4. The molecule has 1 heterocycles.